The number of hydrogen-bond acceptors (Lipinski definition) is 2. The molecule has 1 aliphatic rings. The molecule has 0 aliphatic carbocycles. The molecule has 0 aromatic rings. The second kappa shape index (κ2) is 2.33. The monoisotopic (exact) mass is 134 g/mol. The van der Waals surface area contributed by atoms with E-state index in [1.165, 1.54) is 0 Å². The Bertz CT molecular complexity index is 115. The molecule has 0 aromatic heterocycles. The molecular weight excluding hydrogens is 128 g/mol. The molecule has 1 N–H and O–H groups in total. The Labute approximate surface area is 52.6 Å². The summed E-state index contributed by atoms with van der Waals surface area (Å²) in [5.74, 6) is 0.576. The predicted molar refractivity (Wildman–Crippen MR) is 31.0 cm³/mol. The van der Waals surface area contributed by atoms with E-state index in [2.05, 4.69) is 4.51 Å². The van der Waals surface area contributed by atoms with Crippen LogP contribution < -0.4 is 0 Å². The van der Waals surface area contributed by atoms with E-state index in [-0.39, 0.29) is 0 Å². The number of nitrogens with zero attached hydrogens (tertiary/aromatic N) is 2. The minimum atomic E-state index is 0.576. The fourth-order valence-corrected chi connectivity index (χ4v) is 0.903. The Hall–Kier alpha value is -0.280. The van der Waals surface area contributed by atoms with Gasteiger partial charge in [0.1, 0.15) is 5.84 Å². The maximum atomic E-state index is 8.81. The minimum absolute atomic E-state index is 0.576. The lowest BCUT2D eigenvalue weighted by Crippen LogP contribution is -2.18. The molecule has 0 saturated carbocycles. The van der Waals surface area contributed by atoms with Gasteiger partial charge in [-0.05, 0) is 6.42 Å². The van der Waals surface area contributed by atoms with Gasteiger partial charge in [-0.3, -0.25) is 5.21 Å². The summed E-state index contributed by atoms with van der Waals surface area (Å²) < 4.78 is 3.33. The topological polar surface area (TPSA) is 35.8 Å². The summed E-state index contributed by atoms with van der Waals surface area (Å²) in [7, 11) is 0. The van der Waals surface area contributed by atoms with Crippen LogP contribution in [-0.2, 0) is 0 Å². The van der Waals surface area contributed by atoms with Gasteiger partial charge in [0.15, 0.2) is 0 Å². The van der Waals surface area contributed by atoms with Crippen molar-refractivity contribution in [2.75, 3.05) is 6.54 Å². The molecule has 1 saturated heterocycles. The lowest BCUT2D eigenvalue weighted by Gasteiger charge is -2.05. The van der Waals surface area contributed by atoms with Crippen LogP contribution in [0.25, 0.3) is 0 Å². The van der Waals surface area contributed by atoms with E-state index in [0.717, 1.165) is 17.9 Å². The first-order valence-corrected chi connectivity index (χ1v) is 2.82. The number of rotatable bonds is 0. The van der Waals surface area contributed by atoms with Gasteiger partial charge in [0, 0.05) is 24.7 Å². The van der Waals surface area contributed by atoms with Crippen LogP contribution in [0.1, 0.15) is 12.8 Å². The van der Waals surface area contributed by atoms with Crippen LogP contribution >= 0.6 is 11.8 Å². The molecular formula is C4H7ClN2O. The van der Waals surface area contributed by atoms with Crippen LogP contribution in [0, 0.1) is 0 Å². The third-order valence-electron chi connectivity index (χ3n) is 1.17. The van der Waals surface area contributed by atoms with Gasteiger partial charge >= 0.3 is 0 Å². The van der Waals surface area contributed by atoms with Crippen molar-refractivity contribution >= 4 is 17.6 Å². The van der Waals surface area contributed by atoms with Crippen molar-refractivity contribution in [1.29, 1.82) is 0 Å². The van der Waals surface area contributed by atoms with Crippen molar-refractivity contribution in [2.24, 2.45) is 4.51 Å². The van der Waals surface area contributed by atoms with Crippen molar-refractivity contribution in [1.82, 2.24) is 5.06 Å². The molecule has 1 aliphatic heterocycles. The molecule has 0 spiro atoms. The molecule has 0 amide bonds. The first-order valence-electron chi connectivity index (χ1n) is 2.49. The Morgan fingerprint density at radius 2 is 2.50 bits per heavy atom. The molecule has 0 unspecified atom stereocenters. The van der Waals surface area contributed by atoms with Gasteiger partial charge in [-0.1, -0.05) is 0 Å². The van der Waals surface area contributed by atoms with Gasteiger partial charge in [0.05, 0.1) is 0 Å². The van der Waals surface area contributed by atoms with E-state index in [1.807, 2.05) is 0 Å². The van der Waals surface area contributed by atoms with Crippen LogP contribution in [0.5, 0.6) is 0 Å². The van der Waals surface area contributed by atoms with Crippen LogP contribution in [0.15, 0.2) is 4.51 Å². The third kappa shape index (κ3) is 0.928. The minimum Gasteiger partial charge on any atom is -0.287 e. The molecule has 4 heteroatoms. The molecule has 0 aromatic carbocycles. The highest BCUT2D eigenvalue weighted by molar-refractivity contribution is 6.19. The quantitative estimate of drug-likeness (QED) is 0.537. The maximum Gasteiger partial charge on any atom is 0.143 e. The van der Waals surface area contributed by atoms with Crippen molar-refractivity contribution in [3.05, 3.63) is 0 Å². The SMILES string of the molecule is ON1CCCC1=NCl. The zero-order valence-electron chi connectivity index (χ0n) is 4.34. The standard InChI is InChI=1S/C4H7ClN2O/c5-6-4-2-1-3-7(4)8/h8H,1-3H2. The Morgan fingerprint density at radius 1 is 1.75 bits per heavy atom. The van der Waals surface area contributed by atoms with Gasteiger partial charge in [-0.25, -0.2) is 5.06 Å². The lowest BCUT2D eigenvalue weighted by molar-refractivity contribution is -0.00297. The molecule has 1 rings (SSSR count). The third-order valence-corrected chi connectivity index (χ3v) is 1.36. The van der Waals surface area contributed by atoms with Crippen LogP contribution in [-0.4, -0.2) is 22.7 Å². The van der Waals surface area contributed by atoms with Gasteiger partial charge < -0.3 is 0 Å². The Morgan fingerprint density at radius 3 is 2.75 bits per heavy atom. The predicted octanol–water partition coefficient (Wildman–Crippen LogP) is 1.02. The van der Waals surface area contributed by atoms with E-state index in [0.29, 0.717) is 12.4 Å². The molecule has 8 heavy (non-hydrogen) atoms. The summed E-state index contributed by atoms with van der Waals surface area (Å²) >= 11 is 5.09. The number of hydrogen-bond donors (Lipinski definition) is 1. The van der Waals surface area contributed by atoms with Gasteiger partial charge in [0.25, 0.3) is 0 Å². The van der Waals surface area contributed by atoms with E-state index < -0.39 is 0 Å². The molecule has 3 nitrogen and oxygen atoms in total. The highest BCUT2D eigenvalue weighted by Gasteiger charge is 2.14. The summed E-state index contributed by atoms with van der Waals surface area (Å²) in [6.45, 7) is 0.658. The van der Waals surface area contributed by atoms with E-state index in [4.69, 9.17) is 17.0 Å². The number of hydroxylamine groups is 2. The highest BCUT2D eigenvalue weighted by atomic mass is 35.5. The number of halogens is 1. The fourth-order valence-electron chi connectivity index (χ4n) is 0.731. The fraction of sp³-hybridized carbons (Fsp3) is 0.750. The Balaban J connectivity index is 2.55. The zero-order chi connectivity index (χ0) is 5.98. The summed E-state index contributed by atoms with van der Waals surface area (Å²) in [6, 6.07) is 0. The van der Waals surface area contributed by atoms with Crippen molar-refractivity contribution in [2.45, 2.75) is 12.8 Å². The summed E-state index contributed by atoms with van der Waals surface area (Å²) in [5.41, 5.74) is 0. The second-order valence-electron chi connectivity index (χ2n) is 1.73. The highest BCUT2D eigenvalue weighted by Crippen LogP contribution is 2.08. The molecule has 0 atom stereocenters. The smallest absolute Gasteiger partial charge is 0.143 e. The largest absolute Gasteiger partial charge is 0.287 e. The van der Waals surface area contributed by atoms with Crippen LogP contribution in [0.2, 0.25) is 0 Å². The molecule has 0 radical (unpaired) electrons. The van der Waals surface area contributed by atoms with Crippen LogP contribution in [0.3, 0.4) is 0 Å². The molecule has 1 fully saturated rings. The summed E-state index contributed by atoms with van der Waals surface area (Å²) in [6.07, 6.45) is 1.74. The van der Waals surface area contributed by atoms with E-state index in [9.17, 15) is 0 Å². The van der Waals surface area contributed by atoms with Gasteiger partial charge in [-0.2, -0.15) is 4.51 Å². The van der Waals surface area contributed by atoms with Crippen molar-refractivity contribution < 1.29 is 5.21 Å². The van der Waals surface area contributed by atoms with E-state index >= 15 is 0 Å². The van der Waals surface area contributed by atoms with E-state index in [1.54, 1.807) is 0 Å². The molecule has 1 heterocycles. The average Bonchev–Trinajstić information content (AvgIpc) is 2.14. The first-order chi connectivity index (χ1) is 3.84. The maximum absolute atomic E-state index is 8.81. The number of amidine groups is 1. The molecule has 0 bridgehead atoms. The summed E-state index contributed by atoms with van der Waals surface area (Å²) in [4.78, 5) is 0. The lowest BCUT2D eigenvalue weighted by atomic mass is 10.4. The Kier molecular flexibility index (Phi) is 1.70. The average molecular weight is 135 g/mol. The van der Waals surface area contributed by atoms with Gasteiger partial charge in [0.2, 0.25) is 0 Å². The van der Waals surface area contributed by atoms with Crippen molar-refractivity contribution in [3.8, 4) is 0 Å². The first kappa shape index (κ1) is 5.85. The van der Waals surface area contributed by atoms with Crippen molar-refractivity contribution in [3.63, 3.8) is 0 Å². The second-order valence-corrected chi connectivity index (χ2v) is 1.90. The van der Waals surface area contributed by atoms with Crippen LogP contribution in [0.4, 0.5) is 0 Å². The van der Waals surface area contributed by atoms with Gasteiger partial charge in [-0.15, -0.1) is 0 Å². The summed E-state index contributed by atoms with van der Waals surface area (Å²) in [5, 5.41) is 9.88. The molecule has 46 valence electrons. The normalized spacial score (nSPS) is 25.2. The zero-order valence-corrected chi connectivity index (χ0v) is 5.10.